The van der Waals surface area contributed by atoms with E-state index in [9.17, 15) is 9.18 Å². The van der Waals surface area contributed by atoms with Gasteiger partial charge in [0.05, 0.1) is 11.9 Å². The van der Waals surface area contributed by atoms with Crippen molar-refractivity contribution in [2.75, 3.05) is 46.3 Å². The summed E-state index contributed by atoms with van der Waals surface area (Å²) in [5.41, 5.74) is 1.01. The molecule has 4 rings (SSSR count). The van der Waals surface area contributed by atoms with E-state index in [1.165, 1.54) is 18.3 Å². The first-order chi connectivity index (χ1) is 14.1. The number of rotatable bonds is 6. The molecule has 0 aliphatic carbocycles. The number of likely N-dealkylation sites (N-methyl/N-ethyl adjacent to an activating group) is 1. The predicted molar refractivity (Wildman–Crippen MR) is 109 cm³/mol. The van der Waals surface area contributed by atoms with Gasteiger partial charge >= 0.3 is 0 Å². The van der Waals surface area contributed by atoms with Crippen molar-refractivity contribution in [1.29, 1.82) is 0 Å². The molecule has 1 aromatic carbocycles. The van der Waals surface area contributed by atoms with E-state index in [1.807, 2.05) is 29.1 Å². The second-order valence-electron chi connectivity index (χ2n) is 7.26. The zero-order chi connectivity index (χ0) is 20.2. The van der Waals surface area contributed by atoms with Crippen molar-refractivity contribution >= 4 is 5.91 Å². The van der Waals surface area contributed by atoms with Crippen LogP contribution in [0.4, 0.5) is 4.39 Å². The summed E-state index contributed by atoms with van der Waals surface area (Å²) in [5.74, 6) is 0.0396. The van der Waals surface area contributed by atoms with E-state index < -0.39 is 0 Å². The Morgan fingerprint density at radius 1 is 1.14 bits per heavy atom. The molecule has 0 bridgehead atoms. The van der Waals surface area contributed by atoms with E-state index in [2.05, 4.69) is 27.3 Å². The Balaban J connectivity index is 1.52. The number of hydrogen-bond acceptors (Lipinski definition) is 4. The summed E-state index contributed by atoms with van der Waals surface area (Å²) in [6.45, 7) is 5.50. The fourth-order valence-electron chi connectivity index (χ4n) is 3.52. The third-order valence-corrected chi connectivity index (χ3v) is 5.20. The standard InChI is InChI=1S/C21H25FN6O/c1-25-11-13-26(14-12-25)10-7-23-20(29)19-16-24-28(18-6-4-5-17(22)15-18)21(19)27-8-2-3-9-27/h2-6,8-9,15-16H,7,10-14H2,1H3,(H,23,29). The van der Waals surface area contributed by atoms with Crippen LogP contribution < -0.4 is 5.32 Å². The zero-order valence-electron chi connectivity index (χ0n) is 16.5. The summed E-state index contributed by atoms with van der Waals surface area (Å²) >= 11 is 0. The van der Waals surface area contributed by atoms with Crippen LogP contribution in [0, 0.1) is 5.82 Å². The van der Waals surface area contributed by atoms with Crippen LogP contribution in [0.2, 0.25) is 0 Å². The van der Waals surface area contributed by atoms with Gasteiger partial charge < -0.3 is 14.8 Å². The fourth-order valence-corrected chi connectivity index (χ4v) is 3.52. The zero-order valence-corrected chi connectivity index (χ0v) is 16.5. The molecule has 1 amide bonds. The highest BCUT2D eigenvalue weighted by molar-refractivity contribution is 5.97. The summed E-state index contributed by atoms with van der Waals surface area (Å²) in [7, 11) is 2.12. The third-order valence-electron chi connectivity index (χ3n) is 5.20. The summed E-state index contributed by atoms with van der Waals surface area (Å²) in [6.07, 6.45) is 5.22. The normalized spacial score (nSPS) is 15.5. The minimum Gasteiger partial charge on any atom is -0.351 e. The summed E-state index contributed by atoms with van der Waals surface area (Å²) in [5, 5.41) is 7.36. The van der Waals surface area contributed by atoms with Gasteiger partial charge in [-0.3, -0.25) is 9.69 Å². The first-order valence-corrected chi connectivity index (χ1v) is 9.78. The number of aromatic nitrogens is 3. The molecule has 0 atom stereocenters. The van der Waals surface area contributed by atoms with Crippen molar-refractivity contribution in [2.24, 2.45) is 0 Å². The number of nitrogens with one attached hydrogen (secondary N) is 1. The van der Waals surface area contributed by atoms with Crippen molar-refractivity contribution < 1.29 is 9.18 Å². The second-order valence-corrected chi connectivity index (χ2v) is 7.26. The Bertz CT molecular complexity index is 959. The van der Waals surface area contributed by atoms with Gasteiger partial charge in [0.2, 0.25) is 0 Å². The van der Waals surface area contributed by atoms with Gasteiger partial charge in [0.1, 0.15) is 11.4 Å². The molecule has 3 heterocycles. The molecule has 1 N–H and O–H groups in total. The van der Waals surface area contributed by atoms with Crippen molar-refractivity contribution in [1.82, 2.24) is 29.5 Å². The number of halogens is 1. The molecule has 2 aromatic heterocycles. The Morgan fingerprint density at radius 3 is 2.62 bits per heavy atom. The van der Waals surface area contributed by atoms with Crippen LogP contribution in [0.5, 0.6) is 0 Å². The predicted octanol–water partition coefficient (Wildman–Crippen LogP) is 1.78. The van der Waals surface area contributed by atoms with Crippen LogP contribution in [-0.2, 0) is 0 Å². The van der Waals surface area contributed by atoms with Gasteiger partial charge in [0, 0.05) is 51.7 Å². The average Bonchev–Trinajstić information content (AvgIpc) is 3.39. The van der Waals surface area contributed by atoms with Crippen LogP contribution in [0.1, 0.15) is 10.4 Å². The molecule has 1 saturated heterocycles. The van der Waals surface area contributed by atoms with Gasteiger partial charge in [-0.25, -0.2) is 9.07 Å². The molecule has 8 heteroatoms. The van der Waals surface area contributed by atoms with E-state index in [4.69, 9.17) is 0 Å². The number of carbonyl (C=O) groups excluding carboxylic acids is 1. The number of benzene rings is 1. The number of amides is 1. The molecule has 152 valence electrons. The minimum atomic E-state index is -0.352. The molecular weight excluding hydrogens is 371 g/mol. The molecule has 29 heavy (non-hydrogen) atoms. The number of hydrogen-bond donors (Lipinski definition) is 1. The van der Waals surface area contributed by atoms with Crippen LogP contribution in [0.15, 0.2) is 55.0 Å². The Labute approximate surface area is 169 Å². The van der Waals surface area contributed by atoms with E-state index >= 15 is 0 Å². The molecular formula is C21H25FN6O. The minimum absolute atomic E-state index is 0.189. The van der Waals surface area contributed by atoms with E-state index in [0.717, 1.165) is 32.7 Å². The van der Waals surface area contributed by atoms with Gasteiger partial charge in [-0.1, -0.05) is 6.07 Å². The highest BCUT2D eigenvalue weighted by Gasteiger charge is 2.20. The highest BCUT2D eigenvalue weighted by atomic mass is 19.1. The lowest BCUT2D eigenvalue weighted by atomic mass is 10.2. The van der Waals surface area contributed by atoms with Crippen molar-refractivity contribution in [3.63, 3.8) is 0 Å². The summed E-state index contributed by atoms with van der Waals surface area (Å²) < 4.78 is 17.1. The Kier molecular flexibility index (Phi) is 5.73. The van der Waals surface area contributed by atoms with Crippen molar-refractivity contribution in [2.45, 2.75) is 0 Å². The SMILES string of the molecule is CN1CCN(CCNC(=O)c2cnn(-c3cccc(F)c3)c2-n2cccc2)CC1. The van der Waals surface area contributed by atoms with Crippen molar-refractivity contribution in [3.8, 4) is 11.5 Å². The van der Waals surface area contributed by atoms with E-state index in [0.29, 0.717) is 23.6 Å². The lowest BCUT2D eigenvalue weighted by molar-refractivity contribution is 0.0941. The Hall–Kier alpha value is -2.97. The maximum Gasteiger partial charge on any atom is 0.256 e. The molecule has 3 aromatic rings. The molecule has 0 spiro atoms. The smallest absolute Gasteiger partial charge is 0.256 e. The highest BCUT2D eigenvalue weighted by Crippen LogP contribution is 2.20. The topological polar surface area (TPSA) is 58.3 Å². The summed E-state index contributed by atoms with van der Waals surface area (Å²) in [4.78, 5) is 17.5. The van der Waals surface area contributed by atoms with Crippen LogP contribution >= 0.6 is 0 Å². The maximum atomic E-state index is 13.7. The van der Waals surface area contributed by atoms with E-state index in [-0.39, 0.29) is 11.7 Å². The van der Waals surface area contributed by atoms with Crippen molar-refractivity contribution in [3.05, 3.63) is 66.4 Å². The molecule has 1 aliphatic rings. The van der Waals surface area contributed by atoms with Gasteiger partial charge in [-0.2, -0.15) is 5.10 Å². The molecule has 0 saturated carbocycles. The number of piperazine rings is 1. The van der Waals surface area contributed by atoms with Crippen LogP contribution in [0.25, 0.3) is 11.5 Å². The van der Waals surface area contributed by atoms with E-state index in [1.54, 1.807) is 16.8 Å². The van der Waals surface area contributed by atoms with Gasteiger partial charge in [0.25, 0.3) is 5.91 Å². The molecule has 0 radical (unpaired) electrons. The van der Waals surface area contributed by atoms with Crippen LogP contribution in [0.3, 0.4) is 0 Å². The van der Waals surface area contributed by atoms with Gasteiger partial charge in [0.15, 0.2) is 5.82 Å². The fraction of sp³-hybridized carbons (Fsp3) is 0.333. The molecule has 1 aliphatic heterocycles. The molecule has 7 nitrogen and oxygen atoms in total. The number of nitrogens with zero attached hydrogens (tertiary/aromatic N) is 5. The molecule has 0 unspecified atom stereocenters. The quantitative estimate of drug-likeness (QED) is 0.690. The monoisotopic (exact) mass is 396 g/mol. The second kappa shape index (κ2) is 8.59. The first-order valence-electron chi connectivity index (χ1n) is 9.78. The number of carbonyl (C=O) groups is 1. The lowest BCUT2D eigenvalue weighted by Gasteiger charge is -2.32. The first kappa shape index (κ1) is 19.4. The largest absolute Gasteiger partial charge is 0.351 e. The van der Waals surface area contributed by atoms with Gasteiger partial charge in [-0.15, -0.1) is 0 Å². The third kappa shape index (κ3) is 4.38. The maximum absolute atomic E-state index is 13.7. The van der Waals surface area contributed by atoms with Gasteiger partial charge in [-0.05, 0) is 37.4 Å². The lowest BCUT2D eigenvalue weighted by Crippen LogP contribution is -2.46. The van der Waals surface area contributed by atoms with Crippen LogP contribution in [-0.4, -0.2) is 76.4 Å². The molecule has 1 fully saturated rings. The average molecular weight is 396 g/mol. The Morgan fingerprint density at radius 2 is 1.90 bits per heavy atom. The summed E-state index contributed by atoms with van der Waals surface area (Å²) in [6, 6.07) is 9.92.